The number of rotatable bonds is 4. The minimum absolute atomic E-state index is 0.106. The Hall–Kier alpha value is -1.11. The molecule has 1 heterocycles. The summed E-state index contributed by atoms with van der Waals surface area (Å²) in [5.41, 5.74) is 6.72. The molecule has 1 aromatic carbocycles. The van der Waals surface area contributed by atoms with E-state index in [1.807, 2.05) is 32.9 Å². The minimum atomic E-state index is -0.473. The zero-order valence-electron chi connectivity index (χ0n) is 14.0. The van der Waals surface area contributed by atoms with Crippen LogP contribution in [0.5, 0.6) is 0 Å². The molecule has 128 valence electrons. The molecular weight excluding hydrogens is 358 g/mol. The van der Waals surface area contributed by atoms with Crippen LogP contribution in [0, 0.1) is 0 Å². The molecule has 2 rings (SSSR count). The van der Waals surface area contributed by atoms with Gasteiger partial charge in [0.15, 0.2) is 0 Å². The molecule has 23 heavy (non-hydrogen) atoms. The number of hydrogen-bond acceptors (Lipinski definition) is 4. The van der Waals surface area contributed by atoms with Crippen LogP contribution < -0.4 is 11.1 Å². The third-order valence-corrected chi connectivity index (χ3v) is 4.39. The average Bonchev–Trinajstić information content (AvgIpc) is 2.87. The van der Waals surface area contributed by atoms with Crippen molar-refractivity contribution in [1.82, 2.24) is 10.2 Å². The number of ether oxygens (including phenoxy) is 1. The standard InChI is InChI=1S/C17H26BrN3O2/c1-17(2,3)23-16(22)20-14-8-9-21(11-14)15(10-19)12-4-6-13(18)7-5-12/h4-7,14-15H,8-11,19H2,1-3H3,(H,20,22)/t14-,15-/m0/s1. The normalized spacial score (nSPS) is 20.3. The molecule has 1 saturated heterocycles. The first kappa shape index (κ1) is 18.2. The van der Waals surface area contributed by atoms with Gasteiger partial charge in [-0.05, 0) is 44.9 Å². The van der Waals surface area contributed by atoms with Gasteiger partial charge in [0.05, 0.1) is 0 Å². The highest BCUT2D eigenvalue weighted by atomic mass is 79.9. The fraction of sp³-hybridized carbons (Fsp3) is 0.588. The van der Waals surface area contributed by atoms with Crippen LogP contribution in [-0.2, 0) is 4.74 Å². The first-order chi connectivity index (χ1) is 10.8. The molecule has 6 heteroatoms. The minimum Gasteiger partial charge on any atom is -0.444 e. The Balaban J connectivity index is 1.93. The molecule has 1 aliphatic heterocycles. The Labute approximate surface area is 146 Å². The Bertz CT molecular complexity index is 528. The predicted octanol–water partition coefficient (Wildman–Crippen LogP) is 3.05. The Kier molecular flexibility index (Phi) is 6.06. The van der Waals surface area contributed by atoms with Gasteiger partial charge in [0.2, 0.25) is 0 Å². The number of nitrogens with two attached hydrogens (primary N) is 1. The molecule has 1 aromatic rings. The molecule has 0 bridgehead atoms. The van der Waals surface area contributed by atoms with Crippen molar-refractivity contribution in [3.05, 3.63) is 34.3 Å². The molecule has 0 aromatic heterocycles. The first-order valence-corrected chi connectivity index (χ1v) is 8.77. The van der Waals surface area contributed by atoms with E-state index in [4.69, 9.17) is 10.5 Å². The van der Waals surface area contributed by atoms with Gasteiger partial charge in [0.25, 0.3) is 0 Å². The van der Waals surface area contributed by atoms with Gasteiger partial charge in [-0.25, -0.2) is 4.79 Å². The van der Waals surface area contributed by atoms with Crippen molar-refractivity contribution in [2.75, 3.05) is 19.6 Å². The van der Waals surface area contributed by atoms with Gasteiger partial charge in [-0.15, -0.1) is 0 Å². The number of halogens is 1. The fourth-order valence-corrected chi connectivity index (χ4v) is 3.11. The lowest BCUT2D eigenvalue weighted by atomic mass is 10.1. The summed E-state index contributed by atoms with van der Waals surface area (Å²) in [7, 11) is 0. The maximum Gasteiger partial charge on any atom is 0.407 e. The maximum absolute atomic E-state index is 11.9. The summed E-state index contributed by atoms with van der Waals surface area (Å²) in [5.74, 6) is 0. The van der Waals surface area contributed by atoms with Crippen molar-refractivity contribution in [2.24, 2.45) is 5.73 Å². The lowest BCUT2D eigenvalue weighted by Gasteiger charge is -2.27. The summed E-state index contributed by atoms with van der Waals surface area (Å²) in [5, 5.41) is 2.95. The smallest absolute Gasteiger partial charge is 0.407 e. The van der Waals surface area contributed by atoms with Crippen molar-refractivity contribution < 1.29 is 9.53 Å². The van der Waals surface area contributed by atoms with Crippen molar-refractivity contribution in [3.63, 3.8) is 0 Å². The molecule has 3 N–H and O–H groups in total. The van der Waals surface area contributed by atoms with Crippen molar-refractivity contribution >= 4 is 22.0 Å². The molecule has 1 fully saturated rings. The summed E-state index contributed by atoms with van der Waals surface area (Å²) < 4.78 is 6.38. The second-order valence-corrected chi connectivity index (χ2v) is 7.85. The van der Waals surface area contributed by atoms with Crippen LogP contribution in [-0.4, -0.2) is 42.3 Å². The van der Waals surface area contributed by atoms with Gasteiger partial charge >= 0.3 is 6.09 Å². The first-order valence-electron chi connectivity index (χ1n) is 7.97. The van der Waals surface area contributed by atoms with E-state index in [1.165, 1.54) is 5.56 Å². The molecule has 0 unspecified atom stereocenters. The molecule has 0 radical (unpaired) electrons. The van der Waals surface area contributed by atoms with Gasteiger partial charge in [-0.2, -0.15) is 0 Å². The lowest BCUT2D eigenvalue weighted by Crippen LogP contribution is -2.41. The molecule has 0 aliphatic carbocycles. The molecule has 0 saturated carbocycles. The number of hydrogen-bond donors (Lipinski definition) is 2. The van der Waals surface area contributed by atoms with Crippen LogP contribution >= 0.6 is 15.9 Å². The van der Waals surface area contributed by atoms with E-state index in [9.17, 15) is 4.79 Å². The number of amides is 1. The van der Waals surface area contributed by atoms with E-state index in [1.54, 1.807) is 0 Å². The van der Waals surface area contributed by atoms with E-state index >= 15 is 0 Å². The second kappa shape index (κ2) is 7.64. The average molecular weight is 384 g/mol. The van der Waals surface area contributed by atoms with Gasteiger partial charge in [0, 0.05) is 36.2 Å². The van der Waals surface area contributed by atoms with E-state index in [0.29, 0.717) is 6.54 Å². The summed E-state index contributed by atoms with van der Waals surface area (Å²) >= 11 is 3.45. The quantitative estimate of drug-likeness (QED) is 0.838. The van der Waals surface area contributed by atoms with Crippen LogP contribution in [0.4, 0.5) is 4.79 Å². The maximum atomic E-state index is 11.9. The third kappa shape index (κ3) is 5.48. The van der Waals surface area contributed by atoms with Crippen molar-refractivity contribution in [2.45, 2.75) is 44.9 Å². The van der Waals surface area contributed by atoms with Crippen molar-refractivity contribution in [1.29, 1.82) is 0 Å². The largest absolute Gasteiger partial charge is 0.444 e. The zero-order valence-corrected chi connectivity index (χ0v) is 15.6. The number of likely N-dealkylation sites (tertiary alicyclic amines) is 1. The number of carbonyl (C=O) groups excluding carboxylic acids is 1. The molecule has 1 aliphatic rings. The van der Waals surface area contributed by atoms with Crippen LogP contribution in [0.3, 0.4) is 0 Å². The van der Waals surface area contributed by atoms with Gasteiger partial charge in [0.1, 0.15) is 5.60 Å². The van der Waals surface area contributed by atoms with E-state index in [2.05, 4.69) is 38.3 Å². The second-order valence-electron chi connectivity index (χ2n) is 6.93. The summed E-state index contributed by atoms with van der Waals surface area (Å²) in [4.78, 5) is 14.2. The van der Waals surface area contributed by atoms with E-state index < -0.39 is 5.60 Å². The van der Waals surface area contributed by atoms with Crippen LogP contribution in [0.25, 0.3) is 0 Å². The van der Waals surface area contributed by atoms with Gasteiger partial charge in [-0.1, -0.05) is 28.1 Å². The fourth-order valence-electron chi connectivity index (χ4n) is 2.84. The summed E-state index contributed by atoms with van der Waals surface area (Å²) in [6.45, 7) is 7.86. The third-order valence-electron chi connectivity index (χ3n) is 3.86. The van der Waals surface area contributed by atoms with E-state index in [0.717, 1.165) is 24.0 Å². The van der Waals surface area contributed by atoms with Crippen LogP contribution in [0.2, 0.25) is 0 Å². The van der Waals surface area contributed by atoms with Crippen LogP contribution in [0.15, 0.2) is 28.7 Å². The SMILES string of the molecule is CC(C)(C)OC(=O)N[C@H]1CCN([C@@H](CN)c2ccc(Br)cc2)C1. The predicted molar refractivity (Wildman–Crippen MR) is 95.3 cm³/mol. The Morgan fingerprint density at radius 3 is 2.65 bits per heavy atom. The topological polar surface area (TPSA) is 67.6 Å². The molecule has 5 nitrogen and oxygen atoms in total. The highest BCUT2D eigenvalue weighted by Crippen LogP contribution is 2.25. The molecule has 1 amide bonds. The van der Waals surface area contributed by atoms with Crippen LogP contribution in [0.1, 0.15) is 38.8 Å². The summed E-state index contributed by atoms with van der Waals surface area (Å²) in [6, 6.07) is 8.53. The number of alkyl carbamates (subject to hydrolysis) is 1. The highest BCUT2D eigenvalue weighted by Gasteiger charge is 2.30. The number of nitrogens with zero attached hydrogens (tertiary/aromatic N) is 1. The molecule has 0 spiro atoms. The molecule has 2 atom stereocenters. The van der Waals surface area contributed by atoms with E-state index in [-0.39, 0.29) is 18.2 Å². The monoisotopic (exact) mass is 383 g/mol. The van der Waals surface area contributed by atoms with Gasteiger partial charge in [-0.3, -0.25) is 4.90 Å². The zero-order chi connectivity index (χ0) is 17.0. The Morgan fingerprint density at radius 2 is 2.09 bits per heavy atom. The number of carbonyl (C=O) groups is 1. The van der Waals surface area contributed by atoms with Gasteiger partial charge < -0.3 is 15.8 Å². The highest BCUT2D eigenvalue weighted by molar-refractivity contribution is 9.10. The molecular formula is C17H26BrN3O2. The van der Waals surface area contributed by atoms with Crippen molar-refractivity contribution in [3.8, 4) is 0 Å². The summed E-state index contributed by atoms with van der Waals surface area (Å²) in [6.07, 6.45) is 0.559. The number of nitrogens with one attached hydrogen (secondary N) is 1. The Morgan fingerprint density at radius 1 is 1.43 bits per heavy atom. The lowest BCUT2D eigenvalue weighted by molar-refractivity contribution is 0.0504. The number of benzene rings is 1.